The maximum atomic E-state index is 13.1. The van der Waals surface area contributed by atoms with Crippen LogP contribution < -0.4 is 4.98 Å². The van der Waals surface area contributed by atoms with E-state index in [0.717, 1.165) is 18.2 Å². The lowest BCUT2D eigenvalue weighted by Gasteiger charge is -2.39. The first-order valence-electron chi connectivity index (χ1n) is 9.32. The summed E-state index contributed by atoms with van der Waals surface area (Å²) in [6, 6.07) is 4.33. The minimum absolute atomic E-state index is 0.674. The molecule has 0 aliphatic heterocycles. The molecule has 0 spiro atoms. The van der Waals surface area contributed by atoms with Crippen LogP contribution >= 0.6 is 12.2 Å². The van der Waals surface area contributed by atoms with Crippen molar-refractivity contribution in [2.24, 2.45) is 0 Å². The molecule has 0 heterocycles. The van der Waals surface area contributed by atoms with E-state index in [2.05, 4.69) is 25.5 Å². The van der Waals surface area contributed by atoms with Gasteiger partial charge in [0, 0.05) is 5.56 Å². The predicted octanol–water partition coefficient (Wildman–Crippen LogP) is 6.92. The van der Waals surface area contributed by atoms with Gasteiger partial charge in [0.1, 0.15) is 4.99 Å². The fourth-order valence-corrected chi connectivity index (χ4v) is 5.41. The average Bonchev–Trinajstić information content (AvgIpc) is 2.70. The summed E-state index contributed by atoms with van der Waals surface area (Å²) in [6.07, 6.45) is -58.6. The molecule has 4 nitrogen and oxygen atoms in total. The second-order valence-corrected chi connectivity index (χ2v) is 9.60. The fourth-order valence-electron chi connectivity index (χ4n) is 2.40. The molecule has 0 atom stereocenters. The molecular weight excluding hydrogens is 656 g/mol. The van der Waals surface area contributed by atoms with E-state index >= 15 is 0 Å². The molecule has 1 rings (SSSR count). The van der Waals surface area contributed by atoms with Crippen molar-refractivity contribution >= 4 is 26.2 Å². The number of hydrogen-bond donors (Lipinski definition) is 1. The van der Waals surface area contributed by atoms with Crippen LogP contribution in [0.3, 0.4) is 0 Å². The Labute approximate surface area is 215 Å². The first-order valence-corrected chi connectivity index (χ1v) is 11.5. The molecule has 1 aromatic rings. The van der Waals surface area contributed by atoms with Crippen LogP contribution in [0.25, 0.3) is 0 Å². The highest BCUT2D eigenvalue weighted by Gasteiger charge is 2.72. The van der Waals surface area contributed by atoms with E-state index in [-0.39, 0.29) is 0 Å². The molecule has 0 aromatic heterocycles. The van der Waals surface area contributed by atoms with Gasteiger partial charge < -0.3 is 18.3 Å². The van der Waals surface area contributed by atoms with Gasteiger partial charge in [-0.05, 0) is 0 Å². The van der Waals surface area contributed by atoms with Crippen LogP contribution in [0.5, 0.6) is 0 Å². The molecule has 0 saturated heterocycles. The predicted molar refractivity (Wildman–Crippen MR) is 98.0 cm³/mol. The van der Waals surface area contributed by atoms with Gasteiger partial charge in [-0.3, -0.25) is 0 Å². The fraction of sp³-hybridized carbons (Fsp3) is 0.562. The Morgan fingerprint density at radius 3 is 1.00 bits per heavy atom. The summed E-state index contributed by atoms with van der Waals surface area (Å²) in [6.45, 7) is 0. The minimum Gasteiger partial charge on any atom is -0.335 e. The maximum absolute atomic E-state index is 13.1. The van der Waals surface area contributed by atoms with E-state index in [0.29, 0.717) is 17.1 Å². The molecule has 1 aromatic carbocycles. The minimum atomic E-state index is -8.10. The van der Waals surface area contributed by atoms with Crippen LogP contribution in [-0.2, 0) is 13.3 Å². The maximum Gasteiger partial charge on any atom is 0.634 e. The zero-order chi connectivity index (χ0) is 31.8. The van der Waals surface area contributed by atoms with Gasteiger partial charge in [-0.2, -0.15) is 79.0 Å². The summed E-state index contributed by atoms with van der Waals surface area (Å²) in [5, 5.41) is 0. The first kappa shape index (κ1) is 36.0. The Morgan fingerprint density at radius 1 is 0.525 bits per heavy atom. The summed E-state index contributed by atoms with van der Waals surface area (Å²) in [7, 11) is -8.10. The largest absolute Gasteiger partial charge is 0.634 e. The number of hydrogen-bond acceptors (Lipinski definition) is 4. The van der Waals surface area contributed by atoms with Crippen LogP contribution in [0.4, 0.5) is 79.0 Å². The van der Waals surface area contributed by atoms with Gasteiger partial charge >= 0.3 is 46.0 Å². The Morgan fingerprint density at radius 2 is 0.775 bits per heavy atom. The molecule has 0 bridgehead atoms. The van der Waals surface area contributed by atoms with Crippen molar-refractivity contribution in [1.82, 2.24) is 4.98 Å². The van der Waals surface area contributed by atoms with Crippen molar-refractivity contribution in [2.75, 3.05) is 0 Å². The van der Waals surface area contributed by atoms with Gasteiger partial charge in [0.15, 0.2) is 0 Å². The van der Waals surface area contributed by atoms with Gasteiger partial charge in [0.05, 0.1) is 0 Å². The molecule has 0 saturated carbocycles. The first-order chi connectivity index (χ1) is 17.5. The number of halogens is 18. The zero-order valence-electron chi connectivity index (χ0n) is 18.1. The Bertz CT molecular complexity index is 859. The van der Waals surface area contributed by atoms with E-state index in [1.807, 2.05) is 0 Å². The molecular formula is C16H9F18NO3SSi. The number of rotatable bonds is 8. The van der Waals surface area contributed by atoms with Crippen LogP contribution in [0, 0.1) is 0 Å². The van der Waals surface area contributed by atoms with Crippen molar-refractivity contribution in [3.63, 3.8) is 0 Å². The van der Waals surface area contributed by atoms with E-state index < -0.39 is 74.9 Å². The van der Waals surface area contributed by atoms with Crippen LogP contribution in [0.2, 0.25) is 0 Å². The van der Waals surface area contributed by atoms with E-state index in [4.69, 9.17) is 0 Å². The highest BCUT2D eigenvalue weighted by Crippen LogP contribution is 2.44. The van der Waals surface area contributed by atoms with Gasteiger partial charge in [-0.1, -0.05) is 42.5 Å². The summed E-state index contributed by atoms with van der Waals surface area (Å²) >= 11 is 4.38. The highest BCUT2D eigenvalue weighted by molar-refractivity contribution is 7.80. The molecule has 0 aliphatic carbocycles. The lowest BCUT2D eigenvalue weighted by molar-refractivity contribution is -0.344. The molecule has 1 N–H and O–H groups in total. The van der Waals surface area contributed by atoms with Crippen molar-refractivity contribution in [3.8, 4) is 0 Å². The quantitative estimate of drug-likeness (QED) is 0.186. The van der Waals surface area contributed by atoms with Crippen molar-refractivity contribution in [3.05, 3.63) is 35.9 Å². The molecule has 232 valence electrons. The lowest BCUT2D eigenvalue weighted by atomic mass is 10.2. The summed E-state index contributed by atoms with van der Waals surface area (Å²) < 4.78 is 246. The standard InChI is InChI=1S/C16H9F18NO3SSi/c17-11(18,19)8(12(20,21)22)36-40(35-7(39)6-4-2-1-3-5-6,37-9(13(23,24)25)14(26,27)28)38-10(15(29,30)31)16(32,33)34/h1-5,8-10H,(H,35,39). The second kappa shape index (κ2) is 11.7. The molecule has 0 amide bonds. The topological polar surface area (TPSA) is 39.7 Å². The Balaban J connectivity index is 4.08. The van der Waals surface area contributed by atoms with Gasteiger partial charge in [-0.25, -0.2) is 0 Å². The van der Waals surface area contributed by atoms with Crippen LogP contribution in [0.15, 0.2) is 30.3 Å². The highest BCUT2D eigenvalue weighted by atomic mass is 32.1. The zero-order valence-corrected chi connectivity index (χ0v) is 19.9. The number of nitrogens with one attached hydrogen (secondary N) is 1. The number of alkyl halides is 18. The van der Waals surface area contributed by atoms with E-state index in [9.17, 15) is 79.0 Å². The third-order valence-corrected chi connectivity index (χ3v) is 6.62. The normalized spacial score (nSPS) is 14.8. The molecule has 0 unspecified atom stereocenters. The molecule has 0 radical (unpaired) electrons. The van der Waals surface area contributed by atoms with Gasteiger partial charge in [0.25, 0.3) is 0 Å². The summed E-state index contributed by atoms with van der Waals surface area (Å²) in [5.41, 5.74) is -0.771. The van der Waals surface area contributed by atoms with Crippen LogP contribution in [-0.4, -0.2) is 69.3 Å². The van der Waals surface area contributed by atoms with Crippen molar-refractivity contribution in [2.45, 2.75) is 55.4 Å². The second-order valence-electron chi connectivity index (χ2n) is 7.12. The van der Waals surface area contributed by atoms with Crippen molar-refractivity contribution in [1.29, 1.82) is 0 Å². The smallest absolute Gasteiger partial charge is 0.335 e. The van der Waals surface area contributed by atoms with Gasteiger partial charge in [0.2, 0.25) is 18.3 Å². The van der Waals surface area contributed by atoms with Crippen LogP contribution in [0.1, 0.15) is 5.56 Å². The lowest BCUT2D eigenvalue weighted by Crippen LogP contribution is -2.71. The molecule has 0 aliphatic rings. The third kappa shape index (κ3) is 10.1. The van der Waals surface area contributed by atoms with E-state index in [1.54, 1.807) is 0 Å². The number of benzene rings is 1. The summed E-state index contributed by atoms with van der Waals surface area (Å²) in [5.74, 6) is 0. The molecule has 40 heavy (non-hydrogen) atoms. The van der Waals surface area contributed by atoms with E-state index in [1.165, 1.54) is 0 Å². The third-order valence-electron chi connectivity index (χ3n) is 3.91. The SMILES string of the molecule is FC(F)(F)C(O[Si](NC(=S)c1ccccc1)(OC(C(F)(F)F)C(F)(F)F)OC(C(F)(F)F)C(F)(F)F)C(F)(F)F. The van der Waals surface area contributed by atoms with Gasteiger partial charge in [-0.15, -0.1) is 0 Å². The summed E-state index contributed by atoms with van der Waals surface area (Å²) in [4.78, 5) is -0.949. The molecule has 24 heteroatoms. The average molecular weight is 665 g/mol. The Kier molecular flexibility index (Phi) is 10.5. The molecule has 0 fully saturated rings. The van der Waals surface area contributed by atoms with Crippen molar-refractivity contribution < 1.29 is 92.3 Å². The number of thiocarbonyl (C=S) groups is 1. The Hall–Kier alpha value is -2.05. The monoisotopic (exact) mass is 665 g/mol.